The van der Waals surface area contributed by atoms with Gasteiger partial charge in [-0.1, -0.05) is 25.4 Å². The first-order chi connectivity index (χ1) is 11.1. The van der Waals surface area contributed by atoms with Crippen molar-refractivity contribution in [3.8, 4) is 0 Å². The Kier molecular flexibility index (Phi) is 5.10. The first-order valence-corrected chi connectivity index (χ1v) is 9.31. The zero-order valence-electron chi connectivity index (χ0n) is 14.2. The van der Waals surface area contributed by atoms with Crippen LogP contribution in [-0.2, 0) is 10.0 Å². The topological polar surface area (TPSA) is 91.4 Å². The van der Waals surface area contributed by atoms with Gasteiger partial charge in [0.05, 0.1) is 22.2 Å². The van der Waals surface area contributed by atoms with Gasteiger partial charge in [-0.3, -0.25) is 0 Å². The van der Waals surface area contributed by atoms with Gasteiger partial charge in [0, 0.05) is 25.2 Å². The molecule has 1 aromatic carbocycles. The predicted molar refractivity (Wildman–Crippen MR) is 97.8 cm³/mol. The van der Waals surface area contributed by atoms with E-state index >= 15 is 0 Å². The number of hydrogen-bond donors (Lipinski definition) is 1. The third kappa shape index (κ3) is 3.99. The molecule has 24 heavy (non-hydrogen) atoms. The third-order valence-electron chi connectivity index (χ3n) is 3.62. The van der Waals surface area contributed by atoms with E-state index < -0.39 is 10.0 Å². The first-order valence-electron chi connectivity index (χ1n) is 7.49. The number of hydrogen-bond acceptors (Lipinski definition) is 4. The van der Waals surface area contributed by atoms with Crippen molar-refractivity contribution in [3.63, 3.8) is 0 Å². The van der Waals surface area contributed by atoms with Crippen LogP contribution in [0.4, 0.5) is 5.69 Å². The summed E-state index contributed by atoms with van der Waals surface area (Å²) < 4.78 is 29.3. The first kappa shape index (κ1) is 18.5. The van der Waals surface area contributed by atoms with Crippen molar-refractivity contribution in [1.29, 1.82) is 0 Å². The zero-order valence-corrected chi connectivity index (χ0v) is 15.8. The molecule has 1 heterocycles. The van der Waals surface area contributed by atoms with Gasteiger partial charge in [-0.25, -0.2) is 5.01 Å². The van der Waals surface area contributed by atoms with Crippen LogP contribution in [0.25, 0.3) is 0 Å². The van der Waals surface area contributed by atoms with E-state index in [1.165, 1.54) is 18.2 Å². The summed E-state index contributed by atoms with van der Waals surface area (Å²) in [6.07, 6.45) is 1.79. The van der Waals surface area contributed by atoms with Crippen molar-refractivity contribution in [3.05, 3.63) is 23.2 Å². The lowest BCUT2D eigenvalue weighted by atomic mass is 9.97. The summed E-state index contributed by atoms with van der Waals surface area (Å²) in [5.41, 5.74) is 5.80. The van der Waals surface area contributed by atoms with E-state index in [4.69, 9.17) is 17.3 Å². The second kappa shape index (κ2) is 6.60. The molecule has 2 N–H and O–H groups in total. The predicted octanol–water partition coefficient (Wildman–Crippen LogP) is 2.25. The molecular weight excluding hydrogens is 350 g/mol. The number of sulfonamides is 1. The Hall–Kier alpha value is -1.80. The molecule has 1 aliphatic rings. The van der Waals surface area contributed by atoms with Crippen molar-refractivity contribution >= 4 is 39.5 Å². The highest BCUT2D eigenvalue weighted by atomic mass is 35.5. The molecule has 0 spiro atoms. The Morgan fingerprint density at radius 3 is 2.67 bits per heavy atom. The minimum Gasteiger partial charge on any atom is -0.398 e. The number of anilines is 1. The van der Waals surface area contributed by atoms with Gasteiger partial charge in [0.2, 0.25) is 5.96 Å². The van der Waals surface area contributed by atoms with Crippen LogP contribution in [-0.4, -0.2) is 50.6 Å². The molecule has 1 aliphatic heterocycles. The lowest BCUT2D eigenvalue weighted by molar-refractivity contribution is 0.336. The molecule has 132 valence electrons. The van der Waals surface area contributed by atoms with E-state index in [1.54, 1.807) is 23.2 Å². The fourth-order valence-electron chi connectivity index (χ4n) is 2.10. The molecule has 0 saturated heterocycles. The van der Waals surface area contributed by atoms with Crippen LogP contribution in [0, 0.1) is 5.41 Å². The lowest BCUT2D eigenvalue weighted by Gasteiger charge is -2.27. The molecule has 0 aromatic heterocycles. The summed E-state index contributed by atoms with van der Waals surface area (Å²) in [5, 5.41) is 6.07. The minimum atomic E-state index is -3.94. The Labute approximate surface area is 147 Å². The van der Waals surface area contributed by atoms with E-state index in [2.05, 4.69) is 9.50 Å². The minimum absolute atomic E-state index is 0.00820. The van der Waals surface area contributed by atoms with Crippen molar-refractivity contribution in [2.75, 3.05) is 25.9 Å². The summed E-state index contributed by atoms with van der Waals surface area (Å²) >= 11 is 5.93. The number of guanidine groups is 1. The highest BCUT2D eigenvalue weighted by Gasteiger charge is 2.30. The second-order valence-corrected chi connectivity index (χ2v) is 8.37. The molecule has 0 radical (unpaired) electrons. The molecule has 2 rings (SSSR count). The Morgan fingerprint density at radius 2 is 2.17 bits per heavy atom. The molecule has 1 aromatic rings. The quantitative estimate of drug-likeness (QED) is 0.500. The monoisotopic (exact) mass is 371 g/mol. The largest absolute Gasteiger partial charge is 0.398 e. The molecule has 0 fully saturated rings. The van der Waals surface area contributed by atoms with Crippen LogP contribution in [0.2, 0.25) is 5.02 Å². The highest BCUT2D eigenvalue weighted by molar-refractivity contribution is 7.90. The van der Waals surface area contributed by atoms with E-state index in [-0.39, 0.29) is 21.3 Å². The molecule has 0 atom stereocenters. The van der Waals surface area contributed by atoms with Crippen molar-refractivity contribution in [1.82, 2.24) is 9.91 Å². The molecule has 0 bridgehead atoms. The molecule has 0 amide bonds. The molecule has 9 heteroatoms. The SMILES string of the molecule is CCN(C)/C(=N\S(=O)(=O)c1ccc(N)c(Cl)c1)N1CC(C)(C)C=N1. The maximum Gasteiger partial charge on any atom is 0.285 e. The van der Waals surface area contributed by atoms with Gasteiger partial charge in [-0.15, -0.1) is 4.40 Å². The maximum atomic E-state index is 12.7. The second-order valence-electron chi connectivity index (χ2n) is 6.35. The number of nitrogen functional groups attached to an aromatic ring is 1. The summed E-state index contributed by atoms with van der Waals surface area (Å²) in [6.45, 7) is 7.09. The zero-order chi connectivity index (χ0) is 18.1. The molecule has 0 unspecified atom stereocenters. The van der Waals surface area contributed by atoms with Crippen molar-refractivity contribution in [2.24, 2.45) is 14.9 Å². The van der Waals surface area contributed by atoms with E-state index in [9.17, 15) is 8.42 Å². The number of benzene rings is 1. The molecule has 7 nitrogen and oxygen atoms in total. The lowest BCUT2D eigenvalue weighted by Crippen LogP contribution is -2.41. The van der Waals surface area contributed by atoms with Crippen LogP contribution in [0.1, 0.15) is 20.8 Å². The smallest absolute Gasteiger partial charge is 0.285 e. The third-order valence-corrected chi connectivity index (χ3v) is 5.20. The number of rotatable bonds is 3. The van der Waals surface area contributed by atoms with Crippen LogP contribution in [0.15, 0.2) is 32.6 Å². The highest BCUT2D eigenvalue weighted by Crippen LogP contribution is 2.25. The summed E-state index contributed by atoms with van der Waals surface area (Å²) in [4.78, 5) is 1.72. The van der Waals surface area contributed by atoms with E-state index in [0.717, 1.165) is 0 Å². The van der Waals surface area contributed by atoms with Gasteiger partial charge in [-0.2, -0.15) is 13.5 Å². The molecular formula is C15H22ClN5O2S. The van der Waals surface area contributed by atoms with Gasteiger partial charge in [0.1, 0.15) is 0 Å². The van der Waals surface area contributed by atoms with Gasteiger partial charge >= 0.3 is 0 Å². The Bertz CT molecular complexity index is 789. The van der Waals surface area contributed by atoms with E-state index in [1.807, 2.05) is 20.8 Å². The van der Waals surface area contributed by atoms with Gasteiger partial charge < -0.3 is 10.6 Å². The van der Waals surface area contributed by atoms with Crippen LogP contribution < -0.4 is 5.73 Å². The fraction of sp³-hybridized carbons (Fsp3) is 0.467. The van der Waals surface area contributed by atoms with Crippen molar-refractivity contribution < 1.29 is 8.42 Å². The van der Waals surface area contributed by atoms with Gasteiger partial charge in [0.25, 0.3) is 10.0 Å². The summed E-state index contributed by atoms with van der Waals surface area (Å²) in [5.74, 6) is 0.271. The molecule has 0 aliphatic carbocycles. The van der Waals surface area contributed by atoms with Crippen LogP contribution >= 0.6 is 11.6 Å². The summed E-state index contributed by atoms with van der Waals surface area (Å²) in [7, 11) is -2.17. The number of hydrazone groups is 1. The standard InChI is InChI=1S/C15H22ClN5O2S/c1-5-20(4)14(21-10-15(2,3)9-18-21)19-24(22,23)11-6-7-13(17)12(16)8-11/h6-9H,5,10,17H2,1-4H3/b19-14+. The van der Waals surface area contributed by atoms with Crippen LogP contribution in [0.5, 0.6) is 0 Å². The number of nitrogens with zero attached hydrogens (tertiary/aromatic N) is 4. The van der Waals surface area contributed by atoms with Gasteiger partial charge in [0.15, 0.2) is 0 Å². The fourth-order valence-corrected chi connectivity index (χ4v) is 3.41. The number of halogens is 1. The molecule has 0 saturated carbocycles. The maximum absolute atomic E-state index is 12.7. The van der Waals surface area contributed by atoms with E-state index in [0.29, 0.717) is 18.8 Å². The Balaban J connectivity index is 2.45. The summed E-state index contributed by atoms with van der Waals surface area (Å²) in [6, 6.07) is 4.14. The van der Waals surface area contributed by atoms with Crippen LogP contribution in [0.3, 0.4) is 0 Å². The van der Waals surface area contributed by atoms with Crippen molar-refractivity contribution in [2.45, 2.75) is 25.7 Å². The number of nitrogens with two attached hydrogens (primary N) is 1. The average Bonchev–Trinajstić information content (AvgIpc) is 2.86. The normalized spacial score (nSPS) is 17.4. The average molecular weight is 372 g/mol. The van der Waals surface area contributed by atoms with Gasteiger partial charge in [-0.05, 0) is 25.1 Å². The Morgan fingerprint density at radius 1 is 1.50 bits per heavy atom.